The van der Waals surface area contributed by atoms with Gasteiger partial charge in [-0.3, -0.25) is 9.78 Å². The Bertz CT molecular complexity index is 1070. The second-order valence-electron chi connectivity index (χ2n) is 6.00. The van der Waals surface area contributed by atoms with Gasteiger partial charge in [0.2, 0.25) is 0 Å². The van der Waals surface area contributed by atoms with Gasteiger partial charge >= 0.3 is 0 Å². The predicted molar refractivity (Wildman–Crippen MR) is 99.6 cm³/mol. The number of fused-ring (bicyclic) bond motifs is 1. The van der Waals surface area contributed by atoms with E-state index in [1.165, 1.54) is 0 Å². The first-order valence-corrected chi connectivity index (χ1v) is 8.35. The van der Waals surface area contributed by atoms with E-state index in [9.17, 15) is 4.79 Å². The van der Waals surface area contributed by atoms with E-state index in [-0.39, 0.29) is 5.91 Å². The van der Waals surface area contributed by atoms with Gasteiger partial charge in [0.25, 0.3) is 5.91 Å². The van der Waals surface area contributed by atoms with Gasteiger partial charge in [-0.1, -0.05) is 24.3 Å². The number of aryl methyl sites for hydroxylation is 1. The minimum absolute atomic E-state index is 0.165. The lowest BCUT2D eigenvalue weighted by atomic mass is 10.1. The monoisotopic (exact) mass is 343 g/mol. The molecule has 0 bridgehead atoms. The number of hydrogen-bond acceptors (Lipinski definition) is 4. The molecule has 3 heterocycles. The molecule has 128 valence electrons. The first-order valence-electron chi connectivity index (χ1n) is 8.35. The Morgan fingerprint density at radius 2 is 2.00 bits per heavy atom. The van der Waals surface area contributed by atoms with Crippen molar-refractivity contribution in [1.82, 2.24) is 15.3 Å². The van der Waals surface area contributed by atoms with Crippen LogP contribution in [0.15, 0.2) is 71.5 Å². The number of para-hydroxylation sites is 1. The van der Waals surface area contributed by atoms with E-state index >= 15 is 0 Å². The number of carbonyl (C=O) groups is 1. The molecule has 4 aromatic rings. The first kappa shape index (κ1) is 16.0. The second kappa shape index (κ2) is 6.80. The zero-order valence-electron chi connectivity index (χ0n) is 14.3. The molecule has 1 aromatic carbocycles. The minimum atomic E-state index is -0.165. The quantitative estimate of drug-likeness (QED) is 0.605. The summed E-state index contributed by atoms with van der Waals surface area (Å²) in [5.41, 5.74) is 3.85. The Kier molecular flexibility index (Phi) is 4.19. The smallest absolute Gasteiger partial charge is 0.252 e. The van der Waals surface area contributed by atoms with Crippen molar-refractivity contribution in [3.05, 3.63) is 83.9 Å². The lowest BCUT2D eigenvalue weighted by Crippen LogP contribution is -2.24. The Hall–Kier alpha value is -3.47. The molecule has 0 aliphatic carbocycles. The Morgan fingerprint density at radius 1 is 1.12 bits per heavy atom. The van der Waals surface area contributed by atoms with Gasteiger partial charge < -0.3 is 9.73 Å². The summed E-state index contributed by atoms with van der Waals surface area (Å²) in [6.07, 6.45) is 3.32. The van der Waals surface area contributed by atoms with Crippen LogP contribution in [0.4, 0.5) is 0 Å². The normalized spacial score (nSPS) is 10.8. The number of furan rings is 1. The molecule has 5 heteroatoms. The third kappa shape index (κ3) is 3.07. The number of benzene rings is 1. The minimum Gasteiger partial charge on any atom is -0.463 e. The number of hydrogen-bond donors (Lipinski definition) is 1. The van der Waals surface area contributed by atoms with Crippen LogP contribution in [-0.4, -0.2) is 15.9 Å². The van der Waals surface area contributed by atoms with E-state index in [1.54, 1.807) is 24.6 Å². The molecule has 0 fully saturated rings. The molecule has 0 atom stereocenters. The molecule has 1 amide bonds. The van der Waals surface area contributed by atoms with Crippen LogP contribution in [0.3, 0.4) is 0 Å². The fraction of sp³-hybridized carbons (Fsp3) is 0.0952. The van der Waals surface area contributed by atoms with Crippen molar-refractivity contribution in [2.75, 3.05) is 0 Å². The molecule has 0 unspecified atom stereocenters. The highest BCUT2D eigenvalue weighted by molar-refractivity contribution is 6.07. The molecule has 0 aliphatic rings. The summed E-state index contributed by atoms with van der Waals surface area (Å²) >= 11 is 0. The number of nitrogens with one attached hydrogen (secondary N) is 1. The van der Waals surface area contributed by atoms with Gasteiger partial charge in [0.15, 0.2) is 5.76 Å². The van der Waals surface area contributed by atoms with E-state index in [1.807, 2.05) is 49.4 Å². The Balaban J connectivity index is 1.70. The fourth-order valence-corrected chi connectivity index (χ4v) is 2.88. The third-order valence-corrected chi connectivity index (χ3v) is 4.27. The summed E-state index contributed by atoms with van der Waals surface area (Å²) in [5.74, 6) is 0.465. The Labute approximate surface area is 150 Å². The standard InChI is InChI=1S/C21H17N3O2/c1-14-6-4-10-22-19(14)13-23-21(25)16-12-18(20-9-5-11-26-20)24-17-8-3-2-7-15(16)17/h2-12H,13H2,1H3,(H,23,25). The average Bonchev–Trinajstić information content (AvgIpc) is 3.21. The molecule has 26 heavy (non-hydrogen) atoms. The van der Waals surface area contributed by atoms with E-state index in [0.29, 0.717) is 23.6 Å². The predicted octanol–water partition coefficient (Wildman–Crippen LogP) is 4.13. The SMILES string of the molecule is Cc1cccnc1CNC(=O)c1cc(-c2ccco2)nc2ccccc12. The van der Waals surface area contributed by atoms with Crippen LogP contribution in [0.25, 0.3) is 22.4 Å². The lowest BCUT2D eigenvalue weighted by molar-refractivity contribution is 0.0952. The summed E-state index contributed by atoms with van der Waals surface area (Å²) in [5, 5.41) is 3.76. The van der Waals surface area contributed by atoms with Gasteiger partial charge in [0, 0.05) is 11.6 Å². The van der Waals surface area contributed by atoms with Gasteiger partial charge in [-0.2, -0.15) is 0 Å². The average molecular weight is 343 g/mol. The van der Waals surface area contributed by atoms with Crippen molar-refractivity contribution in [2.24, 2.45) is 0 Å². The third-order valence-electron chi connectivity index (χ3n) is 4.27. The van der Waals surface area contributed by atoms with Crippen LogP contribution < -0.4 is 5.32 Å². The highest BCUT2D eigenvalue weighted by atomic mass is 16.3. The van der Waals surface area contributed by atoms with Gasteiger partial charge in [0.05, 0.1) is 29.6 Å². The molecule has 0 radical (unpaired) electrons. The molecule has 0 saturated heterocycles. The summed E-state index contributed by atoms with van der Waals surface area (Å²) in [4.78, 5) is 21.8. The summed E-state index contributed by atoms with van der Waals surface area (Å²) in [7, 11) is 0. The number of rotatable bonds is 4. The van der Waals surface area contributed by atoms with Crippen LogP contribution >= 0.6 is 0 Å². The van der Waals surface area contributed by atoms with Gasteiger partial charge in [-0.15, -0.1) is 0 Å². The van der Waals surface area contributed by atoms with Crippen molar-refractivity contribution >= 4 is 16.8 Å². The number of amides is 1. The molecular weight excluding hydrogens is 326 g/mol. The van der Waals surface area contributed by atoms with Crippen LogP contribution in [0, 0.1) is 6.92 Å². The van der Waals surface area contributed by atoms with Crippen LogP contribution in [0.2, 0.25) is 0 Å². The summed E-state index contributed by atoms with van der Waals surface area (Å²) in [6, 6.07) is 16.8. The molecule has 5 nitrogen and oxygen atoms in total. The first-order chi connectivity index (χ1) is 12.7. The number of aromatic nitrogens is 2. The van der Waals surface area contributed by atoms with Gasteiger partial charge in [0.1, 0.15) is 5.69 Å². The lowest BCUT2D eigenvalue weighted by Gasteiger charge is -2.10. The largest absolute Gasteiger partial charge is 0.463 e. The van der Waals surface area contributed by atoms with E-state index < -0.39 is 0 Å². The maximum Gasteiger partial charge on any atom is 0.252 e. The highest BCUT2D eigenvalue weighted by Crippen LogP contribution is 2.25. The van der Waals surface area contributed by atoms with E-state index in [2.05, 4.69) is 15.3 Å². The summed E-state index contributed by atoms with van der Waals surface area (Å²) < 4.78 is 5.44. The fourth-order valence-electron chi connectivity index (χ4n) is 2.88. The van der Waals surface area contributed by atoms with E-state index in [4.69, 9.17) is 4.42 Å². The topological polar surface area (TPSA) is 68.0 Å². The van der Waals surface area contributed by atoms with Crippen LogP contribution in [-0.2, 0) is 6.54 Å². The number of nitrogens with zero attached hydrogens (tertiary/aromatic N) is 2. The Morgan fingerprint density at radius 3 is 2.81 bits per heavy atom. The van der Waals surface area contributed by atoms with Gasteiger partial charge in [-0.05, 0) is 42.8 Å². The molecule has 4 rings (SSSR count). The highest BCUT2D eigenvalue weighted by Gasteiger charge is 2.15. The zero-order chi connectivity index (χ0) is 17.9. The molecule has 3 aromatic heterocycles. The van der Waals surface area contributed by atoms with Crippen molar-refractivity contribution in [3.63, 3.8) is 0 Å². The van der Waals surface area contributed by atoms with Crippen molar-refractivity contribution in [3.8, 4) is 11.5 Å². The maximum absolute atomic E-state index is 12.9. The molecule has 0 saturated carbocycles. The van der Waals surface area contributed by atoms with Crippen molar-refractivity contribution < 1.29 is 9.21 Å². The van der Waals surface area contributed by atoms with Crippen LogP contribution in [0.5, 0.6) is 0 Å². The molecular formula is C21H17N3O2. The molecule has 1 N–H and O–H groups in total. The van der Waals surface area contributed by atoms with Crippen LogP contribution in [0.1, 0.15) is 21.6 Å². The van der Waals surface area contributed by atoms with E-state index in [0.717, 1.165) is 22.2 Å². The number of carbonyl (C=O) groups excluding carboxylic acids is 1. The van der Waals surface area contributed by atoms with Crippen molar-refractivity contribution in [1.29, 1.82) is 0 Å². The zero-order valence-corrected chi connectivity index (χ0v) is 14.3. The van der Waals surface area contributed by atoms with Gasteiger partial charge in [-0.25, -0.2) is 4.98 Å². The molecule has 0 spiro atoms. The molecule has 0 aliphatic heterocycles. The maximum atomic E-state index is 12.9. The number of pyridine rings is 2. The van der Waals surface area contributed by atoms with Crippen molar-refractivity contribution in [2.45, 2.75) is 13.5 Å². The summed E-state index contributed by atoms with van der Waals surface area (Å²) in [6.45, 7) is 2.35. The second-order valence-corrected chi connectivity index (χ2v) is 6.00.